The zero-order chi connectivity index (χ0) is 16.0. The second-order valence-electron chi connectivity index (χ2n) is 7.15. The minimum atomic E-state index is -0.316. The molecule has 0 bridgehead atoms. The highest BCUT2D eigenvalue weighted by atomic mass is 16.6. The van der Waals surface area contributed by atoms with Crippen LogP contribution in [0.25, 0.3) is 0 Å². The minimum absolute atomic E-state index is 0.135. The van der Waals surface area contributed by atoms with E-state index in [9.17, 15) is 10.1 Å². The van der Waals surface area contributed by atoms with Crippen LogP contribution in [0.3, 0.4) is 0 Å². The Kier molecular flexibility index (Phi) is 3.76. The van der Waals surface area contributed by atoms with Gasteiger partial charge in [0.1, 0.15) is 5.69 Å². The maximum absolute atomic E-state index is 11.4. The molecule has 0 atom stereocenters. The Hall–Kier alpha value is -1.59. The van der Waals surface area contributed by atoms with Crippen molar-refractivity contribution in [2.24, 2.45) is 23.8 Å². The summed E-state index contributed by atoms with van der Waals surface area (Å²) >= 11 is 0. The topological polar surface area (TPSA) is 73.0 Å². The van der Waals surface area contributed by atoms with Gasteiger partial charge >= 0.3 is 5.69 Å². The van der Waals surface area contributed by atoms with Crippen LogP contribution in [0.4, 0.5) is 11.5 Å². The molecule has 1 aromatic rings. The van der Waals surface area contributed by atoms with Crippen LogP contribution in [-0.4, -0.2) is 21.2 Å². The first kappa shape index (κ1) is 15.8. The number of aromatic nitrogens is 2. The summed E-state index contributed by atoms with van der Waals surface area (Å²) in [7, 11) is 1.76. The van der Waals surface area contributed by atoms with Crippen molar-refractivity contribution in [3.8, 4) is 0 Å². The van der Waals surface area contributed by atoms with Crippen LogP contribution in [0.5, 0.6) is 0 Å². The SMILES string of the molecule is CCCc1nn(C)c(NCC2C(C)(C)C2(C)C)c1[N+](=O)[O-]. The number of hydrogen-bond donors (Lipinski definition) is 1. The average molecular weight is 294 g/mol. The van der Waals surface area contributed by atoms with E-state index in [-0.39, 0.29) is 21.4 Å². The monoisotopic (exact) mass is 294 g/mol. The lowest BCUT2D eigenvalue weighted by atomic mass is 10.0. The van der Waals surface area contributed by atoms with Gasteiger partial charge in [-0.15, -0.1) is 0 Å². The van der Waals surface area contributed by atoms with Crippen molar-refractivity contribution in [3.63, 3.8) is 0 Å². The molecule has 0 spiro atoms. The lowest BCUT2D eigenvalue weighted by Gasteiger charge is -2.07. The first-order valence-corrected chi connectivity index (χ1v) is 7.58. The van der Waals surface area contributed by atoms with E-state index in [0.29, 0.717) is 23.9 Å². The van der Waals surface area contributed by atoms with E-state index in [1.165, 1.54) is 0 Å². The summed E-state index contributed by atoms with van der Waals surface area (Å²) in [6.07, 6.45) is 1.48. The number of nitrogens with zero attached hydrogens (tertiary/aromatic N) is 3. The van der Waals surface area contributed by atoms with Gasteiger partial charge in [0.05, 0.1) is 4.92 Å². The summed E-state index contributed by atoms with van der Waals surface area (Å²) in [5.74, 6) is 1.04. The summed E-state index contributed by atoms with van der Waals surface area (Å²) in [4.78, 5) is 11.0. The molecule has 1 aliphatic rings. The Labute approximate surface area is 126 Å². The van der Waals surface area contributed by atoms with Gasteiger partial charge in [0.2, 0.25) is 5.82 Å². The van der Waals surface area contributed by atoms with Crippen molar-refractivity contribution in [1.82, 2.24) is 9.78 Å². The van der Waals surface area contributed by atoms with Crippen LogP contribution >= 0.6 is 0 Å². The van der Waals surface area contributed by atoms with Crippen molar-refractivity contribution < 1.29 is 4.92 Å². The highest BCUT2D eigenvalue weighted by molar-refractivity contribution is 5.60. The molecule has 0 radical (unpaired) electrons. The Morgan fingerprint density at radius 1 is 1.33 bits per heavy atom. The van der Waals surface area contributed by atoms with E-state index < -0.39 is 0 Å². The smallest absolute Gasteiger partial charge is 0.333 e. The summed E-state index contributed by atoms with van der Waals surface area (Å²) in [6.45, 7) is 11.7. The lowest BCUT2D eigenvalue weighted by Crippen LogP contribution is -2.12. The molecule has 21 heavy (non-hydrogen) atoms. The van der Waals surface area contributed by atoms with Crippen LogP contribution in [0, 0.1) is 26.9 Å². The molecule has 6 nitrogen and oxygen atoms in total. The van der Waals surface area contributed by atoms with E-state index in [0.717, 1.165) is 13.0 Å². The van der Waals surface area contributed by atoms with Gasteiger partial charge in [0.25, 0.3) is 0 Å². The van der Waals surface area contributed by atoms with Gasteiger partial charge in [-0.25, -0.2) is 4.68 Å². The molecule has 1 aliphatic carbocycles. The number of rotatable bonds is 6. The number of nitrogens with one attached hydrogen (secondary N) is 1. The van der Waals surface area contributed by atoms with E-state index in [2.05, 4.69) is 38.1 Å². The molecule has 1 saturated carbocycles. The Morgan fingerprint density at radius 3 is 2.33 bits per heavy atom. The number of nitro groups is 1. The van der Waals surface area contributed by atoms with Crippen LogP contribution in [-0.2, 0) is 13.5 Å². The van der Waals surface area contributed by atoms with Crippen molar-refractivity contribution in [3.05, 3.63) is 15.8 Å². The summed E-state index contributed by atoms with van der Waals surface area (Å²) in [5, 5.41) is 18.9. The third-order valence-electron chi connectivity index (χ3n) is 5.55. The molecule has 118 valence electrons. The van der Waals surface area contributed by atoms with E-state index in [1.807, 2.05) is 6.92 Å². The summed E-state index contributed by atoms with van der Waals surface area (Å²) in [5.41, 5.74) is 1.23. The highest BCUT2D eigenvalue weighted by Gasteiger charge is 2.64. The van der Waals surface area contributed by atoms with Crippen molar-refractivity contribution >= 4 is 11.5 Å². The zero-order valence-corrected chi connectivity index (χ0v) is 13.9. The zero-order valence-electron chi connectivity index (χ0n) is 13.9. The fourth-order valence-electron chi connectivity index (χ4n) is 3.41. The average Bonchev–Trinajstić information content (AvgIpc) is 2.63. The van der Waals surface area contributed by atoms with Crippen LogP contribution in [0.2, 0.25) is 0 Å². The molecule has 6 heteroatoms. The largest absolute Gasteiger partial charge is 0.364 e. The Balaban J connectivity index is 2.19. The Bertz CT molecular complexity index is 546. The van der Waals surface area contributed by atoms with E-state index in [4.69, 9.17) is 0 Å². The van der Waals surface area contributed by atoms with Gasteiger partial charge in [-0.2, -0.15) is 5.10 Å². The fraction of sp³-hybridized carbons (Fsp3) is 0.800. The Morgan fingerprint density at radius 2 is 1.90 bits per heavy atom. The van der Waals surface area contributed by atoms with Gasteiger partial charge in [-0.05, 0) is 23.2 Å². The molecule has 2 rings (SSSR count). The predicted molar refractivity (Wildman–Crippen MR) is 83.4 cm³/mol. The maximum Gasteiger partial charge on any atom is 0.333 e. The molecule has 0 unspecified atom stereocenters. The number of aryl methyl sites for hydroxylation is 2. The summed E-state index contributed by atoms with van der Waals surface area (Å²) < 4.78 is 1.60. The minimum Gasteiger partial charge on any atom is -0.364 e. The van der Waals surface area contributed by atoms with Crippen LogP contribution in [0.15, 0.2) is 0 Å². The van der Waals surface area contributed by atoms with Gasteiger partial charge in [0, 0.05) is 13.6 Å². The fourth-order valence-corrected chi connectivity index (χ4v) is 3.41. The molecule has 1 aromatic heterocycles. The normalized spacial score (nSPS) is 19.5. The standard InChI is InChI=1S/C15H26N4O2/c1-7-8-10-12(19(20)21)13(18(6)17-10)16-9-11-14(2,3)15(11,4)5/h11,16H,7-9H2,1-6H3. The molecular formula is C15H26N4O2. The second-order valence-corrected chi connectivity index (χ2v) is 7.15. The predicted octanol–water partition coefficient (Wildman–Crippen LogP) is 3.37. The molecule has 0 amide bonds. The molecule has 1 heterocycles. The van der Waals surface area contributed by atoms with E-state index in [1.54, 1.807) is 11.7 Å². The van der Waals surface area contributed by atoms with Gasteiger partial charge in [0.15, 0.2) is 0 Å². The van der Waals surface area contributed by atoms with Crippen LogP contribution in [0.1, 0.15) is 46.7 Å². The van der Waals surface area contributed by atoms with Crippen LogP contribution < -0.4 is 5.32 Å². The van der Waals surface area contributed by atoms with E-state index >= 15 is 0 Å². The lowest BCUT2D eigenvalue weighted by molar-refractivity contribution is -0.384. The van der Waals surface area contributed by atoms with Crippen molar-refractivity contribution in [2.75, 3.05) is 11.9 Å². The maximum atomic E-state index is 11.4. The molecule has 1 fully saturated rings. The number of hydrogen-bond acceptors (Lipinski definition) is 4. The summed E-state index contributed by atoms with van der Waals surface area (Å²) in [6, 6.07) is 0. The number of anilines is 1. The van der Waals surface area contributed by atoms with Gasteiger partial charge < -0.3 is 5.32 Å². The molecular weight excluding hydrogens is 268 g/mol. The van der Waals surface area contributed by atoms with Crippen molar-refractivity contribution in [1.29, 1.82) is 0 Å². The quantitative estimate of drug-likeness (QED) is 0.645. The molecule has 0 saturated heterocycles. The third-order valence-corrected chi connectivity index (χ3v) is 5.55. The highest BCUT2D eigenvalue weighted by Crippen LogP contribution is 2.68. The second kappa shape index (κ2) is 5.00. The van der Waals surface area contributed by atoms with Gasteiger partial charge in [-0.1, -0.05) is 41.0 Å². The first-order chi connectivity index (χ1) is 9.64. The third kappa shape index (κ3) is 2.40. The molecule has 1 N–H and O–H groups in total. The first-order valence-electron chi connectivity index (χ1n) is 7.58. The molecule has 0 aromatic carbocycles. The molecule has 0 aliphatic heterocycles. The van der Waals surface area contributed by atoms with Gasteiger partial charge in [-0.3, -0.25) is 10.1 Å². The van der Waals surface area contributed by atoms with Crippen molar-refractivity contribution in [2.45, 2.75) is 47.5 Å².